The van der Waals surface area contributed by atoms with E-state index < -0.39 is 0 Å². The molecule has 0 saturated carbocycles. The number of fused-ring (bicyclic) bond motifs is 2. The van der Waals surface area contributed by atoms with Crippen molar-refractivity contribution in [2.24, 2.45) is 0 Å². The van der Waals surface area contributed by atoms with Gasteiger partial charge in [0.1, 0.15) is 0 Å². The molecule has 0 aromatic carbocycles. The lowest BCUT2D eigenvalue weighted by atomic mass is 10.0. The summed E-state index contributed by atoms with van der Waals surface area (Å²) in [5, 5.41) is 0. The number of nitrogens with zero attached hydrogens (tertiary/aromatic N) is 2. The first-order valence-corrected chi connectivity index (χ1v) is 7.53. The molecule has 2 nitrogen and oxygen atoms in total. The van der Waals surface area contributed by atoms with Gasteiger partial charge in [0.2, 0.25) is 0 Å². The van der Waals surface area contributed by atoms with E-state index in [1.807, 2.05) is 0 Å². The summed E-state index contributed by atoms with van der Waals surface area (Å²) in [4.78, 5) is 5.26. The summed E-state index contributed by atoms with van der Waals surface area (Å²) >= 11 is 0. The Labute approximate surface area is 84.6 Å². The van der Waals surface area contributed by atoms with Gasteiger partial charge >= 0.3 is 0 Å². The van der Waals surface area contributed by atoms with E-state index in [1.165, 1.54) is 25.4 Å². The van der Waals surface area contributed by atoms with E-state index in [1.54, 1.807) is 0 Å². The van der Waals surface area contributed by atoms with Crippen LogP contribution in [0.1, 0.15) is 13.3 Å². The summed E-state index contributed by atoms with van der Waals surface area (Å²) < 4.78 is 0. The van der Waals surface area contributed by atoms with Crippen molar-refractivity contribution in [3.05, 3.63) is 0 Å². The van der Waals surface area contributed by atoms with Crippen molar-refractivity contribution in [1.82, 2.24) is 9.80 Å². The summed E-state index contributed by atoms with van der Waals surface area (Å²) in [6.07, 6.45) is 6.16. The van der Waals surface area contributed by atoms with Crippen molar-refractivity contribution < 1.29 is 0 Å². The smallest absolute Gasteiger partial charge is 0.0331 e. The maximum atomic E-state index is 2.73. The standard InChI is InChI=1S/C10H22N2S/c1-10-5-9(11(2)7-10)6-12(10)8-13(3)4/h9,13H,5-8H2,1-4H3. The second kappa shape index (κ2) is 3.14. The molecule has 2 unspecified atom stereocenters. The van der Waals surface area contributed by atoms with Crippen LogP contribution in [0.15, 0.2) is 0 Å². The zero-order valence-electron chi connectivity index (χ0n) is 9.25. The van der Waals surface area contributed by atoms with Crippen molar-refractivity contribution in [2.45, 2.75) is 24.9 Å². The van der Waals surface area contributed by atoms with Crippen LogP contribution < -0.4 is 0 Å². The second-order valence-electron chi connectivity index (χ2n) is 5.21. The maximum absolute atomic E-state index is 2.73. The van der Waals surface area contributed by atoms with Crippen LogP contribution in [0.4, 0.5) is 0 Å². The minimum absolute atomic E-state index is 0.238. The van der Waals surface area contributed by atoms with Crippen LogP contribution in [-0.2, 0) is 0 Å². The van der Waals surface area contributed by atoms with Crippen molar-refractivity contribution >= 4 is 10.9 Å². The van der Waals surface area contributed by atoms with Crippen LogP contribution in [0.2, 0.25) is 0 Å². The van der Waals surface area contributed by atoms with Crippen LogP contribution in [-0.4, -0.2) is 59.9 Å². The van der Waals surface area contributed by atoms with Gasteiger partial charge in [0.05, 0.1) is 0 Å². The topological polar surface area (TPSA) is 6.48 Å². The predicted molar refractivity (Wildman–Crippen MR) is 61.8 cm³/mol. The highest BCUT2D eigenvalue weighted by atomic mass is 32.2. The lowest BCUT2D eigenvalue weighted by Gasteiger charge is -2.40. The van der Waals surface area contributed by atoms with Gasteiger partial charge in [0.15, 0.2) is 0 Å². The molecule has 2 aliphatic rings. The molecule has 2 aliphatic heterocycles. The molecule has 0 amide bonds. The van der Waals surface area contributed by atoms with Crippen LogP contribution in [0.5, 0.6) is 0 Å². The molecule has 78 valence electrons. The summed E-state index contributed by atoms with van der Waals surface area (Å²) in [6.45, 7) is 5.03. The third-order valence-electron chi connectivity index (χ3n) is 3.54. The molecule has 2 rings (SSSR count). The van der Waals surface area contributed by atoms with Crippen molar-refractivity contribution in [3.63, 3.8) is 0 Å². The highest BCUT2D eigenvalue weighted by Crippen LogP contribution is 2.40. The van der Waals surface area contributed by atoms with Gasteiger partial charge in [-0.25, -0.2) is 10.9 Å². The molecule has 2 bridgehead atoms. The van der Waals surface area contributed by atoms with Crippen molar-refractivity contribution in [2.75, 3.05) is 38.5 Å². The number of piperazine rings is 1. The van der Waals surface area contributed by atoms with Crippen molar-refractivity contribution in [1.29, 1.82) is 0 Å². The molecular weight excluding hydrogens is 180 g/mol. The van der Waals surface area contributed by atoms with Crippen LogP contribution in [0, 0.1) is 0 Å². The lowest BCUT2D eigenvalue weighted by Crippen LogP contribution is -2.51. The quantitative estimate of drug-likeness (QED) is 0.667. The highest BCUT2D eigenvalue weighted by molar-refractivity contribution is 8.15. The Bertz CT molecular complexity index is 203. The first-order valence-electron chi connectivity index (χ1n) is 5.11. The number of likely N-dealkylation sites (N-methyl/N-ethyl adjacent to an activating group) is 1. The van der Waals surface area contributed by atoms with E-state index in [0.717, 1.165) is 6.04 Å². The Morgan fingerprint density at radius 1 is 1.46 bits per heavy atom. The van der Waals surface area contributed by atoms with E-state index in [2.05, 4.69) is 36.3 Å². The van der Waals surface area contributed by atoms with Gasteiger partial charge in [-0.2, -0.15) is 0 Å². The molecule has 0 radical (unpaired) electrons. The largest absolute Gasteiger partial charge is 0.300 e. The number of hydrogen-bond acceptors (Lipinski definition) is 2. The van der Waals surface area contributed by atoms with Crippen molar-refractivity contribution in [3.8, 4) is 0 Å². The first kappa shape index (κ1) is 9.81. The Morgan fingerprint density at radius 3 is 2.54 bits per heavy atom. The summed E-state index contributed by atoms with van der Waals surface area (Å²) in [5.41, 5.74) is 0.506. The van der Waals surface area contributed by atoms with Gasteiger partial charge in [-0.3, -0.25) is 4.90 Å². The Hall–Kier alpha value is 0.270. The van der Waals surface area contributed by atoms with E-state index >= 15 is 0 Å². The van der Waals surface area contributed by atoms with E-state index in [9.17, 15) is 0 Å². The Morgan fingerprint density at radius 2 is 2.15 bits per heavy atom. The maximum Gasteiger partial charge on any atom is 0.0331 e. The Kier molecular flexibility index (Phi) is 2.37. The van der Waals surface area contributed by atoms with E-state index in [4.69, 9.17) is 0 Å². The molecule has 0 aromatic rings. The van der Waals surface area contributed by atoms with Gasteiger partial charge in [0.25, 0.3) is 0 Å². The zero-order valence-corrected chi connectivity index (χ0v) is 10.1. The molecule has 2 fully saturated rings. The fourth-order valence-electron chi connectivity index (χ4n) is 2.87. The minimum atomic E-state index is 0.238. The van der Waals surface area contributed by atoms with Crippen LogP contribution in [0.3, 0.4) is 0 Å². The average molecular weight is 202 g/mol. The Balaban J connectivity index is 2.03. The SMILES string of the molecule is CN1CC2(C)CC1CN2C[SH](C)C. The number of thiol groups is 1. The lowest BCUT2D eigenvalue weighted by molar-refractivity contribution is 0.110. The minimum Gasteiger partial charge on any atom is -0.300 e. The zero-order chi connectivity index (χ0) is 9.64. The third kappa shape index (κ3) is 1.62. The second-order valence-corrected chi connectivity index (χ2v) is 7.66. The normalized spacial score (nSPS) is 41.5. The highest BCUT2D eigenvalue weighted by Gasteiger charge is 2.49. The summed E-state index contributed by atoms with van der Waals surface area (Å²) in [5.74, 6) is 1.34. The number of hydrogen-bond donors (Lipinski definition) is 1. The van der Waals surface area contributed by atoms with Crippen LogP contribution in [0.25, 0.3) is 0 Å². The van der Waals surface area contributed by atoms with E-state index in [0.29, 0.717) is 5.54 Å². The first-order chi connectivity index (χ1) is 6.01. The van der Waals surface area contributed by atoms with Gasteiger partial charge in [-0.05, 0) is 32.9 Å². The molecule has 2 saturated heterocycles. The molecule has 0 aliphatic carbocycles. The molecular formula is C10H22N2S. The van der Waals surface area contributed by atoms with Gasteiger partial charge in [-0.15, -0.1) is 0 Å². The summed E-state index contributed by atoms with van der Waals surface area (Å²) in [7, 11) is 2.51. The third-order valence-corrected chi connectivity index (χ3v) is 4.44. The average Bonchev–Trinajstić information content (AvgIpc) is 2.39. The van der Waals surface area contributed by atoms with Gasteiger partial charge in [-0.1, -0.05) is 0 Å². The van der Waals surface area contributed by atoms with Gasteiger partial charge in [0, 0.05) is 30.5 Å². The molecule has 0 N–H and O–H groups in total. The van der Waals surface area contributed by atoms with Crippen LogP contribution >= 0.6 is 10.9 Å². The molecule has 0 aromatic heterocycles. The predicted octanol–water partition coefficient (Wildman–Crippen LogP) is 0.983. The molecule has 3 heteroatoms. The monoisotopic (exact) mass is 202 g/mol. The fraction of sp³-hybridized carbons (Fsp3) is 1.00. The molecule has 13 heavy (non-hydrogen) atoms. The number of likely N-dealkylation sites (tertiary alicyclic amines) is 2. The number of rotatable bonds is 2. The van der Waals surface area contributed by atoms with E-state index in [-0.39, 0.29) is 10.9 Å². The molecule has 0 spiro atoms. The molecule has 2 atom stereocenters. The molecule has 2 heterocycles. The fourth-order valence-corrected chi connectivity index (χ4v) is 4.01. The van der Waals surface area contributed by atoms with Gasteiger partial charge < -0.3 is 4.90 Å². The summed E-state index contributed by atoms with van der Waals surface area (Å²) in [6, 6.07) is 0.847.